The zero-order chi connectivity index (χ0) is 13.7. The minimum Gasteiger partial charge on any atom is -0.473 e. The lowest BCUT2D eigenvalue weighted by Gasteiger charge is -2.07. The summed E-state index contributed by atoms with van der Waals surface area (Å²) in [5.74, 6) is -4.48. The fourth-order valence-corrected chi connectivity index (χ4v) is 0.658. The third-order valence-corrected chi connectivity index (χ3v) is 1.30. The van der Waals surface area contributed by atoms with Crippen LogP contribution in [0.1, 0.15) is 0 Å². The summed E-state index contributed by atoms with van der Waals surface area (Å²) >= 11 is 0. The van der Waals surface area contributed by atoms with Crippen LogP contribution in [0.5, 0.6) is 0 Å². The summed E-state index contributed by atoms with van der Waals surface area (Å²) in [7, 11) is 0. The molecule has 0 amide bonds. The summed E-state index contributed by atoms with van der Waals surface area (Å²) in [4.78, 5) is 46.0. The van der Waals surface area contributed by atoms with Gasteiger partial charge in [-0.1, -0.05) is 0 Å². The van der Waals surface area contributed by atoms with Crippen LogP contribution in [0.2, 0.25) is 0 Å². The van der Waals surface area contributed by atoms with Gasteiger partial charge in [0, 0.05) is 0 Å². The first kappa shape index (κ1) is 14.1. The van der Waals surface area contributed by atoms with Crippen molar-refractivity contribution >= 4 is 11.9 Å². The molecule has 94 valence electrons. The number of rotatable bonds is 5. The van der Waals surface area contributed by atoms with E-state index < -0.39 is 39.1 Å². The van der Waals surface area contributed by atoms with Crippen molar-refractivity contribution in [2.24, 2.45) is 0 Å². The number of carbonyl (C=O) groups is 2. The maximum Gasteiger partial charge on any atom is 0.552 e. The monoisotopic (exact) mass is 253 g/mol. The molecule has 0 aromatic heterocycles. The van der Waals surface area contributed by atoms with E-state index in [1.807, 2.05) is 0 Å². The molecule has 13 nitrogen and oxygen atoms in total. The Bertz CT molecular complexity index is 375. The van der Waals surface area contributed by atoms with Crippen molar-refractivity contribution in [2.45, 2.75) is 12.4 Å². The molecule has 17 heavy (non-hydrogen) atoms. The molecule has 1 N–H and O–H groups in total. The van der Waals surface area contributed by atoms with Gasteiger partial charge in [0.1, 0.15) is 9.85 Å². The van der Waals surface area contributed by atoms with E-state index in [2.05, 4.69) is 4.74 Å². The van der Waals surface area contributed by atoms with Crippen LogP contribution in [-0.4, -0.2) is 44.2 Å². The molecule has 0 saturated heterocycles. The van der Waals surface area contributed by atoms with Crippen molar-refractivity contribution in [2.75, 3.05) is 0 Å². The lowest BCUT2D eigenvalue weighted by Crippen LogP contribution is -2.48. The first-order valence-electron chi connectivity index (χ1n) is 3.53. The number of carboxylic acid groups (broad SMARTS) is 1. The smallest absolute Gasteiger partial charge is 0.473 e. The predicted molar refractivity (Wildman–Crippen MR) is 42.3 cm³/mol. The number of carbonyl (C=O) groups excluding carboxylic acids is 1. The molecular formula is C4H3N3O10. The van der Waals surface area contributed by atoms with Crippen molar-refractivity contribution in [1.82, 2.24) is 0 Å². The number of nitrogens with zero attached hydrogens (tertiary/aromatic N) is 3. The van der Waals surface area contributed by atoms with Crippen molar-refractivity contribution in [3.05, 3.63) is 30.3 Å². The third-order valence-electron chi connectivity index (χ3n) is 1.30. The Morgan fingerprint density at radius 1 is 1.00 bits per heavy atom. The lowest BCUT2D eigenvalue weighted by atomic mass is 10.4. The number of aliphatic carboxylic acids is 1. The van der Waals surface area contributed by atoms with E-state index in [0.717, 1.165) is 0 Å². The van der Waals surface area contributed by atoms with Gasteiger partial charge in [-0.05, 0) is 0 Å². The maximum atomic E-state index is 10.4. The van der Waals surface area contributed by atoms with Gasteiger partial charge in [-0.3, -0.25) is 30.3 Å². The molecule has 0 fully saturated rings. The lowest BCUT2D eigenvalue weighted by molar-refractivity contribution is -0.797. The van der Waals surface area contributed by atoms with Gasteiger partial charge in [0.25, 0.3) is 0 Å². The molecular weight excluding hydrogens is 250 g/mol. The average Bonchev–Trinajstić information content (AvgIpc) is 2.14. The van der Waals surface area contributed by atoms with Crippen molar-refractivity contribution < 1.29 is 34.2 Å². The average molecular weight is 253 g/mol. The Morgan fingerprint density at radius 2 is 1.41 bits per heavy atom. The van der Waals surface area contributed by atoms with Crippen LogP contribution < -0.4 is 0 Å². The highest BCUT2D eigenvalue weighted by Gasteiger charge is 2.55. The molecule has 1 atom stereocenters. The largest absolute Gasteiger partial charge is 0.552 e. The predicted octanol–water partition coefficient (Wildman–Crippen LogP) is -1.90. The molecule has 0 aromatic rings. The van der Waals surface area contributed by atoms with E-state index in [9.17, 15) is 39.9 Å². The van der Waals surface area contributed by atoms with Gasteiger partial charge in [0.05, 0.1) is 4.92 Å². The fourth-order valence-electron chi connectivity index (χ4n) is 0.658. The van der Waals surface area contributed by atoms with Crippen LogP contribution in [0.4, 0.5) is 0 Å². The highest BCUT2D eigenvalue weighted by molar-refractivity contribution is 6.28. The normalized spacial score (nSPS) is 11.6. The fraction of sp³-hybridized carbons (Fsp3) is 0.500. The molecule has 0 spiro atoms. The second-order valence-electron chi connectivity index (χ2n) is 2.37. The Kier molecular flexibility index (Phi) is 4.40. The summed E-state index contributed by atoms with van der Waals surface area (Å²) in [6.45, 7) is 0. The van der Waals surface area contributed by atoms with Crippen molar-refractivity contribution in [3.63, 3.8) is 0 Å². The zero-order valence-corrected chi connectivity index (χ0v) is 7.62. The highest BCUT2D eigenvalue weighted by atomic mass is 16.7. The molecule has 0 saturated carbocycles. The standard InChI is InChI=1S/C4H3N3O10/c8-3(9)4(10)17-2(7(15)16)1(5(11)12)6(13)14/h1-2H,(H,8,9). The summed E-state index contributed by atoms with van der Waals surface area (Å²) in [5, 5.41) is 38.6. The van der Waals surface area contributed by atoms with Crippen LogP contribution in [0.25, 0.3) is 0 Å². The number of nitro groups is 3. The molecule has 0 heterocycles. The van der Waals surface area contributed by atoms with E-state index in [0.29, 0.717) is 0 Å². The topological polar surface area (TPSA) is 193 Å². The maximum absolute atomic E-state index is 10.4. The second-order valence-corrected chi connectivity index (χ2v) is 2.37. The van der Waals surface area contributed by atoms with Crippen molar-refractivity contribution in [1.29, 1.82) is 0 Å². The van der Waals surface area contributed by atoms with Crippen LogP contribution in [-0.2, 0) is 14.3 Å². The second kappa shape index (κ2) is 5.29. The summed E-state index contributed by atoms with van der Waals surface area (Å²) in [5.41, 5.74) is 0. The Hall–Kier alpha value is -2.86. The van der Waals surface area contributed by atoms with Gasteiger partial charge in [0.15, 0.2) is 0 Å². The first-order chi connectivity index (χ1) is 7.68. The van der Waals surface area contributed by atoms with Gasteiger partial charge in [-0.2, -0.15) is 0 Å². The van der Waals surface area contributed by atoms with Crippen molar-refractivity contribution in [3.8, 4) is 0 Å². The number of hydrogen-bond donors (Lipinski definition) is 1. The molecule has 0 aliphatic rings. The molecule has 0 bridgehead atoms. The minimum absolute atomic E-state index is 1.64. The van der Waals surface area contributed by atoms with E-state index in [1.54, 1.807) is 0 Å². The first-order valence-corrected chi connectivity index (χ1v) is 3.53. The Balaban J connectivity index is 5.14. The molecule has 0 aromatic carbocycles. The number of hydrogen-bond acceptors (Lipinski definition) is 9. The Morgan fingerprint density at radius 3 is 1.65 bits per heavy atom. The van der Waals surface area contributed by atoms with Crippen LogP contribution in [0, 0.1) is 30.3 Å². The number of esters is 1. The number of carboxylic acids is 1. The summed E-state index contributed by atoms with van der Waals surface area (Å²) in [6.07, 6.45) is -6.11. The highest BCUT2D eigenvalue weighted by Crippen LogP contribution is 2.06. The SMILES string of the molecule is O=C(O)C(=O)OC(C([N+](=O)[O-])[N+](=O)[O-])[N+](=O)[O-]. The minimum atomic E-state index is -3.09. The molecule has 0 rings (SSSR count). The van der Waals surface area contributed by atoms with Crippen LogP contribution in [0.15, 0.2) is 0 Å². The van der Waals surface area contributed by atoms with E-state index in [4.69, 9.17) is 5.11 Å². The van der Waals surface area contributed by atoms with Gasteiger partial charge in [0.2, 0.25) is 0 Å². The molecule has 0 aliphatic heterocycles. The third kappa shape index (κ3) is 3.65. The Labute approximate surface area is 90.0 Å². The zero-order valence-electron chi connectivity index (χ0n) is 7.62. The van der Waals surface area contributed by atoms with E-state index in [1.165, 1.54) is 0 Å². The summed E-state index contributed by atoms with van der Waals surface area (Å²) in [6, 6.07) is 0. The van der Waals surface area contributed by atoms with Gasteiger partial charge in [-0.25, -0.2) is 9.59 Å². The van der Waals surface area contributed by atoms with E-state index in [-0.39, 0.29) is 0 Å². The van der Waals surface area contributed by atoms with E-state index >= 15 is 0 Å². The van der Waals surface area contributed by atoms with Gasteiger partial charge in [-0.15, -0.1) is 0 Å². The molecule has 0 radical (unpaired) electrons. The summed E-state index contributed by atoms with van der Waals surface area (Å²) < 4.78 is 3.54. The molecule has 1 unspecified atom stereocenters. The quantitative estimate of drug-likeness (QED) is 0.190. The van der Waals surface area contributed by atoms with Crippen LogP contribution >= 0.6 is 0 Å². The van der Waals surface area contributed by atoms with Crippen LogP contribution in [0.3, 0.4) is 0 Å². The van der Waals surface area contributed by atoms with Gasteiger partial charge >= 0.3 is 24.3 Å². The molecule has 0 aliphatic carbocycles. The molecule has 13 heteroatoms. The van der Waals surface area contributed by atoms with Gasteiger partial charge < -0.3 is 9.84 Å². The number of ether oxygens (including phenoxy) is 1.